The molecular weight excluding hydrogens is 241 g/mol. The first kappa shape index (κ1) is 14.0. The summed E-state index contributed by atoms with van der Waals surface area (Å²) in [6.07, 6.45) is 1.62. The Labute approximate surface area is 113 Å². The van der Waals surface area contributed by atoms with Crippen LogP contribution in [0, 0.1) is 5.82 Å². The second-order valence-electron chi connectivity index (χ2n) is 5.40. The molecule has 2 rings (SSSR count). The van der Waals surface area contributed by atoms with Gasteiger partial charge in [-0.3, -0.25) is 0 Å². The van der Waals surface area contributed by atoms with E-state index in [4.69, 9.17) is 5.73 Å². The van der Waals surface area contributed by atoms with Gasteiger partial charge in [0.05, 0.1) is 16.6 Å². The van der Waals surface area contributed by atoms with Crippen molar-refractivity contribution in [1.82, 2.24) is 9.55 Å². The summed E-state index contributed by atoms with van der Waals surface area (Å²) < 4.78 is 15.5. The quantitative estimate of drug-likeness (QED) is 0.913. The molecule has 0 amide bonds. The number of aromatic nitrogens is 2. The molecule has 1 aromatic carbocycles. The average molecular weight is 263 g/mol. The minimum atomic E-state index is -0.459. The minimum Gasteiger partial charge on any atom is -0.324 e. The standard InChI is InChI=1S/C15H22FN3/c1-5-15(17,6-2)14-18-12-9-11(16)7-8-13(12)19(14)10(3)4/h7-10H,5-6,17H2,1-4H3. The lowest BCUT2D eigenvalue weighted by molar-refractivity contribution is 0.362. The van der Waals surface area contributed by atoms with E-state index in [1.54, 1.807) is 6.07 Å². The lowest BCUT2D eigenvalue weighted by atomic mass is 9.93. The molecule has 0 saturated carbocycles. The van der Waals surface area contributed by atoms with Crippen LogP contribution in [-0.4, -0.2) is 9.55 Å². The van der Waals surface area contributed by atoms with Gasteiger partial charge in [0, 0.05) is 12.1 Å². The molecule has 0 saturated heterocycles. The molecule has 0 bridgehead atoms. The van der Waals surface area contributed by atoms with Gasteiger partial charge >= 0.3 is 0 Å². The highest BCUT2D eigenvalue weighted by Gasteiger charge is 2.30. The zero-order chi connectivity index (χ0) is 14.2. The first-order valence-electron chi connectivity index (χ1n) is 6.89. The molecular formula is C15H22FN3. The third kappa shape index (κ3) is 2.25. The Kier molecular flexibility index (Phi) is 3.63. The molecule has 19 heavy (non-hydrogen) atoms. The molecule has 0 radical (unpaired) electrons. The van der Waals surface area contributed by atoms with E-state index in [9.17, 15) is 4.39 Å². The summed E-state index contributed by atoms with van der Waals surface area (Å²) in [5.74, 6) is 0.594. The number of rotatable bonds is 4. The van der Waals surface area contributed by atoms with Crippen molar-refractivity contribution >= 4 is 11.0 Å². The van der Waals surface area contributed by atoms with Crippen molar-refractivity contribution in [2.24, 2.45) is 5.73 Å². The molecule has 1 heterocycles. The van der Waals surface area contributed by atoms with Crippen LogP contribution in [0.3, 0.4) is 0 Å². The zero-order valence-electron chi connectivity index (χ0n) is 12.1. The zero-order valence-corrected chi connectivity index (χ0v) is 12.1. The second-order valence-corrected chi connectivity index (χ2v) is 5.40. The highest BCUT2D eigenvalue weighted by molar-refractivity contribution is 5.76. The number of imidazole rings is 1. The maximum Gasteiger partial charge on any atom is 0.130 e. The number of benzene rings is 1. The van der Waals surface area contributed by atoms with Crippen LogP contribution in [0.15, 0.2) is 18.2 Å². The van der Waals surface area contributed by atoms with Crippen LogP contribution >= 0.6 is 0 Å². The molecule has 4 heteroatoms. The highest BCUT2D eigenvalue weighted by Crippen LogP contribution is 2.31. The van der Waals surface area contributed by atoms with E-state index < -0.39 is 5.54 Å². The van der Waals surface area contributed by atoms with Crippen molar-refractivity contribution in [2.45, 2.75) is 52.1 Å². The number of fused-ring (bicyclic) bond motifs is 1. The lowest BCUT2D eigenvalue weighted by Crippen LogP contribution is -2.38. The first-order chi connectivity index (χ1) is 8.92. The van der Waals surface area contributed by atoms with Crippen LogP contribution < -0.4 is 5.73 Å². The summed E-state index contributed by atoms with van der Waals surface area (Å²) in [6.45, 7) is 8.32. The van der Waals surface area contributed by atoms with Gasteiger partial charge < -0.3 is 10.3 Å². The van der Waals surface area contributed by atoms with Gasteiger partial charge in [-0.2, -0.15) is 0 Å². The van der Waals surface area contributed by atoms with Gasteiger partial charge in [0.15, 0.2) is 0 Å². The van der Waals surface area contributed by atoms with Crippen LogP contribution in [-0.2, 0) is 5.54 Å². The Hall–Kier alpha value is -1.42. The molecule has 0 spiro atoms. The predicted molar refractivity (Wildman–Crippen MR) is 76.5 cm³/mol. The Morgan fingerprint density at radius 2 is 1.95 bits per heavy atom. The summed E-state index contributed by atoms with van der Waals surface area (Å²) in [5, 5.41) is 0. The maximum atomic E-state index is 13.4. The third-order valence-corrected chi connectivity index (χ3v) is 3.88. The summed E-state index contributed by atoms with van der Waals surface area (Å²) >= 11 is 0. The summed E-state index contributed by atoms with van der Waals surface area (Å²) in [5.41, 5.74) is 7.65. The summed E-state index contributed by atoms with van der Waals surface area (Å²) in [4.78, 5) is 4.61. The Balaban J connectivity index is 2.76. The molecule has 0 unspecified atom stereocenters. The van der Waals surface area contributed by atoms with Crippen LogP contribution in [0.1, 0.15) is 52.4 Å². The van der Waals surface area contributed by atoms with E-state index in [-0.39, 0.29) is 11.9 Å². The van der Waals surface area contributed by atoms with Crippen molar-refractivity contribution in [3.05, 3.63) is 29.8 Å². The first-order valence-corrected chi connectivity index (χ1v) is 6.89. The van der Waals surface area contributed by atoms with Crippen molar-refractivity contribution in [1.29, 1.82) is 0 Å². The fourth-order valence-corrected chi connectivity index (χ4v) is 2.51. The van der Waals surface area contributed by atoms with Gasteiger partial charge in [-0.05, 0) is 38.8 Å². The Morgan fingerprint density at radius 3 is 2.47 bits per heavy atom. The fraction of sp³-hybridized carbons (Fsp3) is 0.533. The van der Waals surface area contributed by atoms with E-state index in [1.165, 1.54) is 12.1 Å². The van der Waals surface area contributed by atoms with Crippen LogP contribution in [0.5, 0.6) is 0 Å². The molecule has 2 aromatic rings. The van der Waals surface area contributed by atoms with Gasteiger partial charge in [-0.25, -0.2) is 9.37 Å². The number of hydrogen-bond acceptors (Lipinski definition) is 2. The molecule has 0 aliphatic rings. The van der Waals surface area contributed by atoms with Crippen LogP contribution in [0.4, 0.5) is 4.39 Å². The number of halogens is 1. The third-order valence-electron chi connectivity index (χ3n) is 3.88. The van der Waals surface area contributed by atoms with E-state index in [0.717, 1.165) is 24.2 Å². The smallest absolute Gasteiger partial charge is 0.130 e. The predicted octanol–water partition coefficient (Wildman–Crippen LogP) is 3.73. The molecule has 2 N–H and O–H groups in total. The maximum absolute atomic E-state index is 13.4. The second kappa shape index (κ2) is 4.93. The average Bonchev–Trinajstić information content (AvgIpc) is 2.76. The Morgan fingerprint density at radius 1 is 1.32 bits per heavy atom. The molecule has 0 atom stereocenters. The van der Waals surface area contributed by atoms with Gasteiger partial charge in [-0.1, -0.05) is 13.8 Å². The normalized spacial score (nSPS) is 12.6. The number of hydrogen-bond donors (Lipinski definition) is 1. The largest absolute Gasteiger partial charge is 0.324 e. The monoisotopic (exact) mass is 263 g/mol. The highest BCUT2D eigenvalue weighted by atomic mass is 19.1. The van der Waals surface area contributed by atoms with E-state index in [0.29, 0.717) is 5.52 Å². The van der Waals surface area contributed by atoms with E-state index in [1.807, 2.05) is 0 Å². The van der Waals surface area contributed by atoms with Crippen LogP contribution in [0.25, 0.3) is 11.0 Å². The number of nitrogens with zero attached hydrogens (tertiary/aromatic N) is 2. The minimum absolute atomic E-state index is 0.242. The Bertz CT molecular complexity index is 582. The van der Waals surface area contributed by atoms with Crippen molar-refractivity contribution in [3.8, 4) is 0 Å². The van der Waals surface area contributed by atoms with Gasteiger partial charge in [0.2, 0.25) is 0 Å². The van der Waals surface area contributed by atoms with E-state index >= 15 is 0 Å². The lowest BCUT2D eigenvalue weighted by Gasteiger charge is -2.28. The van der Waals surface area contributed by atoms with Gasteiger partial charge in [0.1, 0.15) is 11.6 Å². The summed E-state index contributed by atoms with van der Waals surface area (Å²) in [6, 6.07) is 4.98. The molecule has 0 fully saturated rings. The van der Waals surface area contributed by atoms with Gasteiger partial charge in [0.25, 0.3) is 0 Å². The fourth-order valence-electron chi connectivity index (χ4n) is 2.51. The van der Waals surface area contributed by atoms with E-state index in [2.05, 4.69) is 37.2 Å². The van der Waals surface area contributed by atoms with Crippen molar-refractivity contribution in [2.75, 3.05) is 0 Å². The topological polar surface area (TPSA) is 43.8 Å². The molecule has 104 valence electrons. The molecule has 0 aliphatic heterocycles. The molecule has 3 nitrogen and oxygen atoms in total. The molecule has 0 aliphatic carbocycles. The van der Waals surface area contributed by atoms with Crippen molar-refractivity contribution in [3.63, 3.8) is 0 Å². The number of nitrogens with two attached hydrogens (primary N) is 1. The molecule has 1 aromatic heterocycles. The summed E-state index contributed by atoms with van der Waals surface area (Å²) in [7, 11) is 0. The van der Waals surface area contributed by atoms with Gasteiger partial charge in [-0.15, -0.1) is 0 Å². The SMILES string of the molecule is CCC(N)(CC)c1nc2cc(F)ccc2n1C(C)C. The van der Waals surface area contributed by atoms with Crippen molar-refractivity contribution < 1.29 is 4.39 Å². The van der Waals surface area contributed by atoms with Crippen LogP contribution in [0.2, 0.25) is 0 Å².